The van der Waals surface area contributed by atoms with Gasteiger partial charge >= 0.3 is 0 Å². The van der Waals surface area contributed by atoms with Gasteiger partial charge in [0.1, 0.15) is 0 Å². The molecule has 2 aliphatic rings. The van der Waals surface area contributed by atoms with Crippen LogP contribution in [0.5, 0.6) is 0 Å². The highest BCUT2D eigenvalue weighted by Gasteiger charge is 2.19. The largest absolute Gasteiger partial charge is 0.354 e. The number of unbranched alkanes of at least 4 members (excludes halogenated alkanes) is 2. The maximum absolute atomic E-state index is 5.43. The monoisotopic (exact) mass is 736 g/mol. The highest BCUT2D eigenvalue weighted by molar-refractivity contribution is 6.00. The molecule has 4 heteroatoms. The predicted octanol–water partition coefficient (Wildman–Crippen LogP) is 13.8. The molecule has 0 fully saturated rings. The number of nitrogens with zero attached hydrogens (tertiary/aromatic N) is 2. The second-order valence-corrected chi connectivity index (χ2v) is 15.1. The van der Waals surface area contributed by atoms with E-state index in [2.05, 4.69) is 195 Å². The Morgan fingerprint density at radius 1 is 0.456 bits per heavy atom. The molecule has 0 amide bonds. The molecule has 5 heterocycles. The zero-order valence-corrected chi connectivity index (χ0v) is 32.9. The third kappa shape index (κ3) is 7.17. The predicted molar refractivity (Wildman–Crippen MR) is 241 cm³/mol. The third-order valence-electron chi connectivity index (χ3n) is 10.8. The van der Waals surface area contributed by atoms with Gasteiger partial charge in [-0.25, -0.2) is 9.97 Å². The first kappa shape index (κ1) is 35.7. The Morgan fingerprint density at radius 2 is 0.877 bits per heavy atom. The van der Waals surface area contributed by atoms with Gasteiger partial charge < -0.3 is 9.97 Å². The molecule has 4 nitrogen and oxygen atoms in total. The molecular formula is C53H44N4. The molecule has 0 radical (unpaired) electrons. The summed E-state index contributed by atoms with van der Waals surface area (Å²) in [5, 5.41) is 0. The second kappa shape index (κ2) is 15.3. The fourth-order valence-electron chi connectivity index (χ4n) is 7.76. The summed E-state index contributed by atoms with van der Waals surface area (Å²) < 4.78 is 0. The SMILES string of the molecule is CCCCC#Cc1cccc(-c2c3ccc([nH]3)c(-c3ccc(C)cc3)c3nc(c(-c4ccc(C)cc4)c4nc(c(-c5ccc(C)cc5)c5ccc2[nH]5)C=C4)C=C3)c1. The third-order valence-corrected chi connectivity index (χ3v) is 10.8. The van der Waals surface area contributed by atoms with Gasteiger partial charge in [-0.05, 0) is 110 Å². The molecule has 0 saturated heterocycles. The first-order chi connectivity index (χ1) is 27.9. The van der Waals surface area contributed by atoms with Crippen molar-refractivity contribution in [3.63, 3.8) is 0 Å². The number of hydrogen-bond donors (Lipinski definition) is 2. The van der Waals surface area contributed by atoms with E-state index in [0.29, 0.717) is 0 Å². The lowest BCUT2D eigenvalue weighted by Crippen LogP contribution is -1.91. The average Bonchev–Trinajstić information content (AvgIpc) is 4.07. The van der Waals surface area contributed by atoms with Crippen LogP contribution in [0.4, 0.5) is 0 Å². The number of aryl methyl sites for hydroxylation is 3. The summed E-state index contributed by atoms with van der Waals surface area (Å²) in [5.41, 5.74) is 20.6. The minimum absolute atomic E-state index is 0.880. The van der Waals surface area contributed by atoms with Crippen LogP contribution in [-0.2, 0) is 0 Å². The first-order valence-electron chi connectivity index (χ1n) is 19.9. The van der Waals surface area contributed by atoms with Gasteiger partial charge in [0.05, 0.1) is 22.8 Å². The van der Waals surface area contributed by atoms with Crippen LogP contribution in [0.2, 0.25) is 0 Å². The van der Waals surface area contributed by atoms with Crippen LogP contribution in [0.3, 0.4) is 0 Å². The van der Waals surface area contributed by atoms with Crippen molar-refractivity contribution in [2.75, 3.05) is 0 Å². The molecule has 0 unspecified atom stereocenters. The highest BCUT2D eigenvalue weighted by Crippen LogP contribution is 2.38. The molecule has 57 heavy (non-hydrogen) atoms. The topological polar surface area (TPSA) is 57.4 Å². The Bertz CT molecular complexity index is 2800. The lowest BCUT2D eigenvalue weighted by atomic mass is 10.0. The van der Waals surface area contributed by atoms with Gasteiger partial charge in [-0.3, -0.25) is 0 Å². The van der Waals surface area contributed by atoms with Crippen LogP contribution < -0.4 is 0 Å². The normalized spacial score (nSPS) is 11.8. The molecule has 0 spiro atoms. The van der Waals surface area contributed by atoms with E-state index in [-0.39, 0.29) is 0 Å². The van der Waals surface area contributed by atoms with Crippen molar-refractivity contribution < 1.29 is 0 Å². The van der Waals surface area contributed by atoms with E-state index in [4.69, 9.17) is 9.97 Å². The van der Waals surface area contributed by atoms with Crippen LogP contribution in [0.15, 0.2) is 121 Å². The molecule has 3 aromatic heterocycles. The summed E-state index contributed by atoms with van der Waals surface area (Å²) in [6, 6.07) is 43.5. The van der Waals surface area contributed by atoms with Gasteiger partial charge in [-0.1, -0.05) is 127 Å². The minimum Gasteiger partial charge on any atom is -0.354 e. The van der Waals surface area contributed by atoms with Crippen molar-refractivity contribution in [3.8, 4) is 56.3 Å². The van der Waals surface area contributed by atoms with Crippen LogP contribution in [0.1, 0.15) is 71.2 Å². The maximum atomic E-state index is 5.43. The molecule has 4 aromatic carbocycles. The number of aromatic nitrogens is 4. The lowest BCUT2D eigenvalue weighted by molar-refractivity contribution is 0.828. The standard InChI is InChI=1S/C53H44N4/c1-5-6-7-8-10-37-11-9-12-41(33-37)53-48-31-29-46(56-48)51(39-21-15-35(3)16-22-39)44-27-25-42(54-44)50(38-19-13-34(2)14-20-38)43-26-28-45(55-43)52(47-30-32-49(53)57-47)40-23-17-36(4)18-24-40/h9,11-33,56-57H,5-7H2,1-4H3. The molecule has 9 rings (SSSR count). The molecular weight excluding hydrogens is 693 g/mol. The summed E-state index contributed by atoms with van der Waals surface area (Å²) in [5.74, 6) is 6.82. The van der Waals surface area contributed by atoms with Crippen molar-refractivity contribution in [2.24, 2.45) is 0 Å². The van der Waals surface area contributed by atoms with Crippen molar-refractivity contribution in [1.82, 2.24) is 19.9 Å². The fraction of sp³-hybridized carbons (Fsp3) is 0.132. The van der Waals surface area contributed by atoms with Crippen LogP contribution in [0, 0.1) is 32.6 Å². The number of fused-ring (bicyclic) bond motifs is 8. The number of H-pyrrole nitrogens is 2. The molecule has 0 atom stereocenters. The van der Waals surface area contributed by atoms with Crippen LogP contribution >= 0.6 is 0 Å². The van der Waals surface area contributed by atoms with E-state index in [1.807, 2.05) is 0 Å². The Labute approximate surface area is 334 Å². The van der Waals surface area contributed by atoms with Crippen LogP contribution in [-0.4, -0.2) is 19.9 Å². The zero-order valence-electron chi connectivity index (χ0n) is 32.9. The van der Waals surface area contributed by atoms with Gasteiger partial charge in [0.25, 0.3) is 0 Å². The Balaban J connectivity index is 1.42. The molecule has 2 N–H and O–H groups in total. The minimum atomic E-state index is 0.880. The quantitative estimate of drug-likeness (QED) is 0.132. The molecule has 0 saturated carbocycles. The molecule has 276 valence electrons. The van der Waals surface area contributed by atoms with E-state index in [1.165, 1.54) is 16.7 Å². The van der Waals surface area contributed by atoms with E-state index >= 15 is 0 Å². The number of hydrogen-bond acceptors (Lipinski definition) is 2. The summed E-state index contributed by atoms with van der Waals surface area (Å²) in [4.78, 5) is 18.6. The van der Waals surface area contributed by atoms with E-state index in [0.717, 1.165) is 114 Å². The highest BCUT2D eigenvalue weighted by atomic mass is 14.8. The summed E-state index contributed by atoms with van der Waals surface area (Å²) >= 11 is 0. The number of benzene rings is 4. The number of rotatable bonds is 6. The van der Waals surface area contributed by atoms with Gasteiger partial charge in [-0.2, -0.15) is 0 Å². The van der Waals surface area contributed by atoms with Gasteiger partial charge in [-0.15, -0.1) is 0 Å². The molecule has 7 aromatic rings. The van der Waals surface area contributed by atoms with E-state index in [1.54, 1.807) is 0 Å². The van der Waals surface area contributed by atoms with Gasteiger partial charge in [0, 0.05) is 56.3 Å². The van der Waals surface area contributed by atoms with E-state index in [9.17, 15) is 0 Å². The van der Waals surface area contributed by atoms with Gasteiger partial charge in [0.2, 0.25) is 0 Å². The van der Waals surface area contributed by atoms with Crippen molar-refractivity contribution in [3.05, 3.63) is 166 Å². The maximum Gasteiger partial charge on any atom is 0.0738 e. The average molecular weight is 737 g/mol. The molecule has 8 bridgehead atoms. The number of nitrogens with one attached hydrogen (secondary N) is 2. The van der Waals surface area contributed by atoms with Crippen LogP contribution in [0.25, 0.3) is 90.9 Å². The second-order valence-electron chi connectivity index (χ2n) is 15.1. The lowest BCUT2D eigenvalue weighted by Gasteiger charge is -2.08. The Kier molecular flexibility index (Phi) is 9.58. The van der Waals surface area contributed by atoms with Crippen molar-refractivity contribution in [2.45, 2.75) is 47.0 Å². The zero-order chi connectivity index (χ0) is 38.9. The van der Waals surface area contributed by atoms with E-state index < -0.39 is 0 Å². The number of aromatic amines is 2. The fourth-order valence-corrected chi connectivity index (χ4v) is 7.76. The summed E-state index contributed by atoms with van der Waals surface area (Å²) in [7, 11) is 0. The first-order valence-corrected chi connectivity index (χ1v) is 19.9. The van der Waals surface area contributed by atoms with Crippen molar-refractivity contribution in [1.29, 1.82) is 0 Å². The summed E-state index contributed by atoms with van der Waals surface area (Å²) in [6.45, 7) is 8.57. The Hall–Kier alpha value is -6.96. The van der Waals surface area contributed by atoms with Gasteiger partial charge in [0.15, 0.2) is 0 Å². The summed E-state index contributed by atoms with van der Waals surface area (Å²) in [6.07, 6.45) is 11.7. The molecule has 2 aliphatic heterocycles. The van der Waals surface area contributed by atoms with Crippen molar-refractivity contribution >= 4 is 46.4 Å². The smallest absolute Gasteiger partial charge is 0.0738 e. The molecule has 0 aliphatic carbocycles. The Morgan fingerprint density at radius 3 is 1.33 bits per heavy atom.